The van der Waals surface area contributed by atoms with Gasteiger partial charge in [0.05, 0.1) is 0 Å². The smallest absolute Gasteiger partial charge is 0.120 e. The third-order valence-corrected chi connectivity index (χ3v) is 5.67. The molecule has 0 bridgehead atoms. The van der Waals surface area contributed by atoms with E-state index >= 15 is 0 Å². The zero-order valence-corrected chi connectivity index (χ0v) is 21.5. The Kier molecular flexibility index (Phi) is 19.7. The van der Waals surface area contributed by atoms with Crippen LogP contribution in [0.4, 0.5) is 0 Å². The van der Waals surface area contributed by atoms with E-state index in [1.165, 1.54) is 37.7 Å². The number of likely N-dealkylation sites (N-methyl/N-ethyl adjacent to an activating group) is 1. The number of aldehydes is 1. The molecule has 0 saturated heterocycles. The van der Waals surface area contributed by atoms with Gasteiger partial charge in [0, 0.05) is 36.5 Å². The first-order chi connectivity index (χ1) is 14.3. The minimum absolute atomic E-state index is 0.101. The van der Waals surface area contributed by atoms with E-state index in [2.05, 4.69) is 50.6 Å². The summed E-state index contributed by atoms with van der Waals surface area (Å²) in [5.74, 6) is 1.99. The number of hydrogen-bond acceptors (Lipinski definition) is 3. The molecule has 0 fully saturated rings. The fraction of sp³-hybridized carbons (Fsp3) is 0.704. The monoisotopic (exact) mass is 418 g/mol. The average molecular weight is 419 g/mol. The molecule has 3 heteroatoms. The molecule has 0 saturated carbocycles. The molecule has 3 unspecified atom stereocenters. The molecule has 0 aliphatic carbocycles. The Bertz CT molecular complexity index is 568. The Balaban J connectivity index is 0. The van der Waals surface area contributed by atoms with Crippen molar-refractivity contribution in [2.45, 2.75) is 106 Å². The van der Waals surface area contributed by atoms with Crippen LogP contribution in [0.15, 0.2) is 24.4 Å². The molecule has 30 heavy (non-hydrogen) atoms. The second-order valence-corrected chi connectivity index (χ2v) is 8.19. The Morgan fingerprint density at radius 1 is 1.07 bits per heavy atom. The minimum Gasteiger partial charge on any atom is -0.391 e. The molecule has 0 radical (unpaired) electrons. The highest BCUT2D eigenvalue weighted by Gasteiger charge is 2.16. The topological polar surface area (TPSA) is 42.0 Å². The molecular weight excluding hydrogens is 368 g/mol. The molecule has 174 valence electrons. The molecular formula is C27H50N2O. The average Bonchev–Trinajstić information content (AvgIpc) is 2.76. The highest BCUT2D eigenvalue weighted by Crippen LogP contribution is 2.25. The van der Waals surface area contributed by atoms with Gasteiger partial charge in [-0.15, -0.1) is 0 Å². The summed E-state index contributed by atoms with van der Waals surface area (Å²) in [6.07, 6.45) is 9.19. The summed E-state index contributed by atoms with van der Waals surface area (Å²) in [6.45, 7) is 21.3. The van der Waals surface area contributed by atoms with Gasteiger partial charge < -0.3 is 10.1 Å². The van der Waals surface area contributed by atoms with Crippen LogP contribution in [0.1, 0.15) is 109 Å². The standard InChI is InChI=1S/C14H20N2O.C11H24.C2H6/c1-10-7-8-14(16-11(10)2)13(6-5-9-17)12(3)15-4;1-5-7-11(4)9-8-10(3)6-2;1-2/h7-9,13,15H,3,5-6H2,1-2,4H3;10-11H,5-9H2,1-4H3;1-2H3. The van der Waals surface area contributed by atoms with Gasteiger partial charge in [-0.1, -0.05) is 86.3 Å². The summed E-state index contributed by atoms with van der Waals surface area (Å²) >= 11 is 0. The van der Waals surface area contributed by atoms with Gasteiger partial charge >= 0.3 is 0 Å². The number of allylic oxidation sites excluding steroid dienone is 1. The SMILES string of the molecule is C=C(NC)C(CCC=O)c1ccc(C)c(C)n1.CC.CCCC(C)CCC(C)CC. The van der Waals surface area contributed by atoms with Crippen LogP contribution in [-0.4, -0.2) is 18.3 Å². The zero-order valence-electron chi connectivity index (χ0n) is 21.5. The van der Waals surface area contributed by atoms with E-state index in [0.29, 0.717) is 6.42 Å². The molecule has 1 rings (SSSR count). The van der Waals surface area contributed by atoms with Crippen molar-refractivity contribution in [3.63, 3.8) is 0 Å². The summed E-state index contributed by atoms with van der Waals surface area (Å²) < 4.78 is 0. The zero-order chi connectivity index (χ0) is 23.5. The van der Waals surface area contributed by atoms with Crippen molar-refractivity contribution in [1.82, 2.24) is 10.3 Å². The first kappa shape index (κ1) is 30.6. The summed E-state index contributed by atoms with van der Waals surface area (Å²) in [6, 6.07) is 4.08. The van der Waals surface area contributed by atoms with Crippen molar-refractivity contribution in [1.29, 1.82) is 0 Å². The first-order valence-corrected chi connectivity index (χ1v) is 12.0. The maximum Gasteiger partial charge on any atom is 0.120 e. The molecule has 3 nitrogen and oxygen atoms in total. The Morgan fingerprint density at radius 2 is 1.67 bits per heavy atom. The fourth-order valence-corrected chi connectivity index (χ4v) is 3.16. The van der Waals surface area contributed by atoms with Gasteiger partial charge in [0.15, 0.2) is 0 Å². The second-order valence-electron chi connectivity index (χ2n) is 8.19. The van der Waals surface area contributed by atoms with Crippen molar-refractivity contribution in [2.24, 2.45) is 11.8 Å². The maximum absolute atomic E-state index is 10.5. The number of nitrogens with zero attached hydrogens (tertiary/aromatic N) is 1. The van der Waals surface area contributed by atoms with Crippen molar-refractivity contribution >= 4 is 6.29 Å². The van der Waals surface area contributed by atoms with Crippen molar-refractivity contribution < 1.29 is 4.79 Å². The first-order valence-electron chi connectivity index (χ1n) is 12.0. The summed E-state index contributed by atoms with van der Waals surface area (Å²) in [4.78, 5) is 15.1. The second kappa shape index (κ2) is 19.3. The van der Waals surface area contributed by atoms with Gasteiger partial charge in [0.2, 0.25) is 0 Å². The number of pyridine rings is 1. The molecule has 0 spiro atoms. The molecule has 0 aliphatic rings. The molecule has 1 N–H and O–H groups in total. The number of rotatable bonds is 12. The predicted molar refractivity (Wildman–Crippen MR) is 134 cm³/mol. The quantitative estimate of drug-likeness (QED) is 0.352. The summed E-state index contributed by atoms with van der Waals surface area (Å²) in [5.41, 5.74) is 4.09. The lowest BCUT2D eigenvalue weighted by atomic mass is 9.94. The largest absolute Gasteiger partial charge is 0.391 e. The van der Waals surface area contributed by atoms with E-state index in [4.69, 9.17) is 0 Å². The number of aryl methyl sites for hydroxylation is 2. The molecule has 1 aromatic heterocycles. The van der Waals surface area contributed by atoms with Gasteiger partial charge in [-0.2, -0.15) is 0 Å². The van der Waals surface area contributed by atoms with E-state index in [1.54, 1.807) is 0 Å². The molecule has 3 atom stereocenters. The van der Waals surface area contributed by atoms with Crippen molar-refractivity contribution in [2.75, 3.05) is 7.05 Å². The van der Waals surface area contributed by atoms with Gasteiger partial charge in [-0.25, -0.2) is 0 Å². The van der Waals surface area contributed by atoms with Crippen LogP contribution >= 0.6 is 0 Å². The Morgan fingerprint density at radius 3 is 2.13 bits per heavy atom. The number of carbonyl (C=O) groups excluding carboxylic acids is 1. The Labute approximate surface area is 188 Å². The van der Waals surface area contributed by atoms with E-state index in [-0.39, 0.29) is 5.92 Å². The molecule has 0 amide bonds. The maximum atomic E-state index is 10.5. The van der Waals surface area contributed by atoms with E-state index < -0.39 is 0 Å². The van der Waals surface area contributed by atoms with Gasteiger partial charge in [0.25, 0.3) is 0 Å². The highest BCUT2D eigenvalue weighted by molar-refractivity contribution is 5.49. The van der Waals surface area contributed by atoms with Crippen molar-refractivity contribution in [3.05, 3.63) is 41.4 Å². The lowest BCUT2D eigenvalue weighted by molar-refractivity contribution is -0.107. The van der Waals surface area contributed by atoms with Crippen LogP contribution < -0.4 is 5.32 Å². The third kappa shape index (κ3) is 13.6. The van der Waals surface area contributed by atoms with Gasteiger partial charge in [-0.3, -0.25) is 4.98 Å². The number of hydrogen-bond donors (Lipinski definition) is 1. The van der Waals surface area contributed by atoms with E-state index in [1.807, 2.05) is 40.8 Å². The third-order valence-electron chi connectivity index (χ3n) is 5.67. The summed E-state index contributed by atoms with van der Waals surface area (Å²) in [5, 5.41) is 3.06. The Hall–Kier alpha value is -1.64. The molecule has 1 aromatic rings. The summed E-state index contributed by atoms with van der Waals surface area (Å²) in [7, 11) is 1.84. The number of nitrogens with one attached hydrogen (secondary N) is 1. The number of carbonyl (C=O) groups is 1. The van der Waals surface area contributed by atoms with Crippen LogP contribution in [-0.2, 0) is 4.79 Å². The van der Waals surface area contributed by atoms with E-state index in [0.717, 1.165) is 41.6 Å². The van der Waals surface area contributed by atoms with Crippen molar-refractivity contribution in [3.8, 4) is 0 Å². The van der Waals surface area contributed by atoms with Crippen LogP contribution in [0.5, 0.6) is 0 Å². The van der Waals surface area contributed by atoms with Crippen LogP contribution in [0.3, 0.4) is 0 Å². The molecule has 1 heterocycles. The molecule has 0 aromatic carbocycles. The lowest BCUT2D eigenvalue weighted by Gasteiger charge is -2.18. The van der Waals surface area contributed by atoms with Crippen LogP contribution in [0, 0.1) is 25.7 Å². The van der Waals surface area contributed by atoms with Gasteiger partial charge in [0.1, 0.15) is 6.29 Å². The predicted octanol–water partition coefficient (Wildman–Crippen LogP) is 7.77. The van der Waals surface area contributed by atoms with Crippen LogP contribution in [0.25, 0.3) is 0 Å². The minimum atomic E-state index is 0.101. The van der Waals surface area contributed by atoms with Crippen LogP contribution in [0.2, 0.25) is 0 Å². The van der Waals surface area contributed by atoms with E-state index in [9.17, 15) is 4.79 Å². The van der Waals surface area contributed by atoms with Gasteiger partial charge in [-0.05, 0) is 43.7 Å². The highest BCUT2D eigenvalue weighted by atomic mass is 16.1. The number of aromatic nitrogens is 1. The fourth-order valence-electron chi connectivity index (χ4n) is 3.16. The lowest BCUT2D eigenvalue weighted by Crippen LogP contribution is -2.15. The normalized spacial score (nSPS) is 13.0. The molecule has 0 aliphatic heterocycles.